The zero-order valence-electron chi connectivity index (χ0n) is 20.0. The Bertz CT molecular complexity index is 2070. The maximum Gasteiger partial charge on any atom is 0.138 e. The highest BCUT2D eigenvalue weighted by Crippen LogP contribution is 2.59. The molecular weight excluding hydrogens is 488 g/mol. The van der Waals surface area contributed by atoms with E-state index in [4.69, 9.17) is 0 Å². The van der Waals surface area contributed by atoms with E-state index >= 15 is 0 Å². The van der Waals surface area contributed by atoms with E-state index in [0.29, 0.717) is 32.7 Å². The van der Waals surface area contributed by atoms with Crippen molar-refractivity contribution in [3.8, 4) is 46.0 Å². The van der Waals surface area contributed by atoms with Gasteiger partial charge in [-0.3, -0.25) is 0 Å². The Morgan fingerprint density at radius 1 is 0.316 bits per heavy atom. The van der Waals surface area contributed by atoms with Crippen molar-refractivity contribution in [1.82, 2.24) is 0 Å². The van der Waals surface area contributed by atoms with Crippen LogP contribution >= 0.6 is 0 Å². The van der Waals surface area contributed by atoms with Crippen LogP contribution in [0.1, 0.15) is 11.1 Å². The summed E-state index contributed by atoms with van der Waals surface area (Å²) in [5, 5.41) is 90.5. The van der Waals surface area contributed by atoms with E-state index in [-0.39, 0.29) is 54.6 Å². The van der Waals surface area contributed by atoms with Crippen molar-refractivity contribution >= 4 is 64.6 Å². The van der Waals surface area contributed by atoms with Gasteiger partial charge in [0.05, 0.1) is 21.5 Å². The Morgan fingerprint density at radius 2 is 0.632 bits per heavy atom. The molecule has 0 aliphatic heterocycles. The summed E-state index contributed by atoms with van der Waals surface area (Å²) in [6.45, 7) is 3.51. The fourth-order valence-corrected chi connectivity index (χ4v) is 6.26. The van der Waals surface area contributed by atoms with E-state index in [9.17, 15) is 40.9 Å². The second-order valence-corrected chi connectivity index (χ2v) is 9.94. The maximum absolute atomic E-state index is 11.3. The van der Waals surface area contributed by atoms with E-state index in [2.05, 4.69) is 0 Å². The smallest absolute Gasteiger partial charge is 0.138 e. The third-order valence-electron chi connectivity index (χ3n) is 7.58. The van der Waals surface area contributed by atoms with Crippen molar-refractivity contribution in [1.29, 1.82) is 0 Å². The van der Waals surface area contributed by atoms with E-state index in [1.54, 1.807) is 26.0 Å². The quantitative estimate of drug-likeness (QED) is 0.0873. The van der Waals surface area contributed by atoms with Crippen LogP contribution < -0.4 is 0 Å². The van der Waals surface area contributed by atoms with Gasteiger partial charge in [-0.1, -0.05) is 12.1 Å². The molecule has 7 rings (SSSR count). The molecule has 0 amide bonds. The first-order valence-electron chi connectivity index (χ1n) is 11.8. The molecule has 0 aliphatic carbocycles. The zero-order chi connectivity index (χ0) is 26.9. The highest BCUT2D eigenvalue weighted by Gasteiger charge is 2.29. The van der Waals surface area contributed by atoms with Gasteiger partial charge in [0.25, 0.3) is 0 Å². The standard InChI is InChI=1S/C30H20O8/c1-9-3-11-19(13(31)5-9)29(37)25-17(35)7-15(33)23-24-16(34)8-18(36)26-28(24)22(21(11)27(23)25)12-4-10(2)6-14(32)20(12)30(26)38/h3-8,31-38H,1-2H3. The first-order valence-corrected chi connectivity index (χ1v) is 11.8. The molecule has 0 spiro atoms. The Morgan fingerprint density at radius 3 is 1.00 bits per heavy atom. The zero-order valence-corrected chi connectivity index (χ0v) is 20.0. The summed E-state index contributed by atoms with van der Waals surface area (Å²) < 4.78 is 0. The highest BCUT2D eigenvalue weighted by atomic mass is 16.3. The summed E-state index contributed by atoms with van der Waals surface area (Å²) in [5.74, 6) is -3.06. The lowest BCUT2D eigenvalue weighted by molar-refractivity contribution is 0.448. The molecule has 0 heterocycles. The number of aromatic hydroxyl groups is 8. The van der Waals surface area contributed by atoms with Gasteiger partial charge in [-0.25, -0.2) is 0 Å². The Kier molecular flexibility index (Phi) is 3.90. The molecule has 7 aromatic carbocycles. The minimum Gasteiger partial charge on any atom is -0.507 e. The second-order valence-electron chi connectivity index (χ2n) is 9.94. The summed E-state index contributed by atoms with van der Waals surface area (Å²) in [4.78, 5) is 0. The van der Waals surface area contributed by atoms with E-state index in [1.807, 2.05) is 0 Å². The number of phenols is 8. The number of hydrogen-bond donors (Lipinski definition) is 8. The van der Waals surface area contributed by atoms with Crippen molar-refractivity contribution in [3.63, 3.8) is 0 Å². The van der Waals surface area contributed by atoms with Gasteiger partial charge in [0.1, 0.15) is 46.0 Å². The molecule has 0 aromatic heterocycles. The van der Waals surface area contributed by atoms with Gasteiger partial charge < -0.3 is 40.9 Å². The molecule has 8 heteroatoms. The summed E-state index contributed by atoms with van der Waals surface area (Å²) in [6, 6.07) is 8.43. The summed E-state index contributed by atoms with van der Waals surface area (Å²) >= 11 is 0. The average Bonchev–Trinajstić information content (AvgIpc) is 2.80. The lowest BCUT2D eigenvalue weighted by Crippen LogP contribution is -1.94. The molecule has 0 fully saturated rings. The van der Waals surface area contributed by atoms with E-state index in [0.717, 1.165) is 12.1 Å². The molecule has 8 N–H and O–H groups in total. The van der Waals surface area contributed by atoms with Crippen molar-refractivity contribution in [2.24, 2.45) is 0 Å². The minimum absolute atomic E-state index is 0.0455. The number of phenolic OH excluding ortho intramolecular Hbond substituents is 8. The molecule has 0 atom stereocenters. The highest BCUT2D eigenvalue weighted by molar-refractivity contribution is 6.46. The lowest BCUT2D eigenvalue weighted by Gasteiger charge is -2.23. The summed E-state index contributed by atoms with van der Waals surface area (Å²) in [7, 11) is 0. The normalized spacial score (nSPS) is 12.3. The van der Waals surface area contributed by atoms with Gasteiger partial charge in [-0.05, 0) is 58.7 Å². The van der Waals surface area contributed by atoms with Gasteiger partial charge in [0.2, 0.25) is 0 Å². The molecule has 7 aromatic rings. The molecule has 0 saturated carbocycles. The van der Waals surface area contributed by atoms with Crippen LogP contribution in [0.4, 0.5) is 0 Å². The van der Waals surface area contributed by atoms with Crippen LogP contribution in [0.15, 0.2) is 36.4 Å². The molecule has 8 nitrogen and oxygen atoms in total. The molecule has 0 radical (unpaired) electrons. The second kappa shape index (κ2) is 6.74. The number of benzene rings is 7. The van der Waals surface area contributed by atoms with Crippen LogP contribution in [-0.2, 0) is 0 Å². The Balaban J connectivity index is 2.08. The van der Waals surface area contributed by atoms with Gasteiger partial charge >= 0.3 is 0 Å². The first kappa shape index (κ1) is 22.0. The van der Waals surface area contributed by atoms with Crippen LogP contribution in [0.25, 0.3) is 64.6 Å². The third kappa shape index (κ3) is 2.39. The number of rotatable bonds is 0. The van der Waals surface area contributed by atoms with Crippen molar-refractivity contribution in [2.45, 2.75) is 13.8 Å². The topological polar surface area (TPSA) is 162 Å². The van der Waals surface area contributed by atoms with Crippen molar-refractivity contribution in [2.75, 3.05) is 0 Å². The molecule has 188 valence electrons. The van der Waals surface area contributed by atoms with Gasteiger partial charge in [0, 0.05) is 33.7 Å². The van der Waals surface area contributed by atoms with Crippen LogP contribution in [-0.4, -0.2) is 40.9 Å². The Hall–Kier alpha value is -5.24. The fourth-order valence-electron chi connectivity index (χ4n) is 6.26. The van der Waals surface area contributed by atoms with Crippen LogP contribution in [0.5, 0.6) is 46.0 Å². The average molecular weight is 508 g/mol. The molecule has 0 bridgehead atoms. The largest absolute Gasteiger partial charge is 0.507 e. The first-order chi connectivity index (χ1) is 18.0. The molecule has 0 saturated heterocycles. The van der Waals surface area contributed by atoms with Gasteiger partial charge in [-0.15, -0.1) is 0 Å². The molecule has 0 unspecified atom stereocenters. The van der Waals surface area contributed by atoms with Gasteiger partial charge in [0.15, 0.2) is 0 Å². The fraction of sp³-hybridized carbons (Fsp3) is 0.0667. The van der Waals surface area contributed by atoms with Crippen LogP contribution in [0.3, 0.4) is 0 Å². The van der Waals surface area contributed by atoms with Crippen molar-refractivity contribution in [3.05, 3.63) is 47.5 Å². The summed E-state index contributed by atoms with van der Waals surface area (Å²) in [6.07, 6.45) is 0. The maximum atomic E-state index is 11.3. The SMILES string of the molecule is Cc1cc(O)c2c(O)c3c(O)cc(O)c4c5c(O)cc(O)c6c(O)c7c(O)cc(C)cc7c(c65)c(c2c1)c34. The van der Waals surface area contributed by atoms with E-state index in [1.165, 1.54) is 12.1 Å². The van der Waals surface area contributed by atoms with E-state index < -0.39 is 34.5 Å². The van der Waals surface area contributed by atoms with Crippen molar-refractivity contribution < 1.29 is 40.9 Å². The predicted octanol–water partition coefficient (Wildman–Crippen LogP) is 6.31. The number of fused-ring (bicyclic) bond motifs is 6. The number of hydrogen-bond acceptors (Lipinski definition) is 8. The number of aryl methyl sites for hydroxylation is 2. The molecule has 38 heavy (non-hydrogen) atoms. The predicted molar refractivity (Wildman–Crippen MR) is 145 cm³/mol. The lowest BCUT2D eigenvalue weighted by atomic mass is 9.82. The monoisotopic (exact) mass is 508 g/mol. The van der Waals surface area contributed by atoms with Gasteiger partial charge in [-0.2, -0.15) is 0 Å². The summed E-state index contributed by atoms with van der Waals surface area (Å²) in [5.41, 5.74) is 1.30. The van der Waals surface area contributed by atoms with Crippen LogP contribution in [0, 0.1) is 13.8 Å². The molecular formula is C30H20O8. The minimum atomic E-state index is -0.457. The Labute approximate surface area is 213 Å². The molecule has 0 aliphatic rings. The van der Waals surface area contributed by atoms with Crippen LogP contribution in [0.2, 0.25) is 0 Å². The third-order valence-corrected chi connectivity index (χ3v) is 7.58.